The first-order valence-electron chi connectivity index (χ1n) is 5.54. The average Bonchev–Trinajstić information content (AvgIpc) is 2.14. The lowest BCUT2D eigenvalue weighted by molar-refractivity contribution is 0.155. The summed E-state index contributed by atoms with van der Waals surface area (Å²) in [7, 11) is -4.10. The standard InChI is InChI=1S/C10H22O4S/c1-3-4-5-6-7-8-10(11)9(2)15(12,13)14/h9-11H,3-8H2,1-2H3,(H,12,13,14). The minimum absolute atomic E-state index is 0.435. The first-order valence-corrected chi connectivity index (χ1v) is 7.04. The highest BCUT2D eigenvalue weighted by Crippen LogP contribution is 2.13. The van der Waals surface area contributed by atoms with E-state index in [9.17, 15) is 13.5 Å². The van der Waals surface area contributed by atoms with Gasteiger partial charge in [0.2, 0.25) is 0 Å². The van der Waals surface area contributed by atoms with Crippen LogP contribution in [0.25, 0.3) is 0 Å². The monoisotopic (exact) mass is 238 g/mol. The molecule has 92 valence electrons. The predicted molar refractivity (Wildman–Crippen MR) is 60.4 cm³/mol. The average molecular weight is 238 g/mol. The molecule has 5 heteroatoms. The Kier molecular flexibility index (Phi) is 7.13. The van der Waals surface area contributed by atoms with E-state index in [0.29, 0.717) is 6.42 Å². The quantitative estimate of drug-likeness (QED) is 0.501. The summed E-state index contributed by atoms with van der Waals surface area (Å²) >= 11 is 0. The largest absolute Gasteiger partial charge is 0.392 e. The fraction of sp³-hybridized carbons (Fsp3) is 1.00. The third-order valence-corrected chi connectivity index (χ3v) is 3.87. The van der Waals surface area contributed by atoms with E-state index in [2.05, 4.69) is 6.92 Å². The zero-order chi connectivity index (χ0) is 11.9. The Morgan fingerprint density at radius 2 is 1.67 bits per heavy atom. The van der Waals surface area contributed by atoms with E-state index in [1.165, 1.54) is 13.3 Å². The topological polar surface area (TPSA) is 74.6 Å². The lowest BCUT2D eigenvalue weighted by Gasteiger charge is -2.15. The smallest absolute Gasteiger partial charge is 0.270 e. The molecule has 0 aliphatic carbocycles. The molecule has 2 N–H and O–H groups in total. The minimum atomic E-state index is -4.10. The summed E-state index contributed by atoms with van der Waals surface area (Å²) in [5.41, 5.74) is 0. The van der Waals surface area contributed by atoms with Crippen LogP contribution >= 0.6 is 0 Å². The van der Waals surface area contributed by atoms with Crippen LogP contribution in [0.1, 0.15) is 52.4 Å². The van der Waals surface area contributed by atoms with Crippen molar-refractivity contribution in [3.63, 3.8) is 0 Å². The van der Waals surface area contributed by atoms with Crippen LogP contribution in [-0.2, 0) is 10.1 Å². The molecule has 0 aromatic rings. The number of unbranched alkanes of at least 4 members (excludes halogenated alkanes) is 4. The van der Waals surface area contributed by atoms with Gasteiger partial charge in [-0.05, 0) is 13.3 Å². The molecule has 0 fully saturated rings. The van der Waals surface area contributed by atoms with Crippen LogP contribution in [0.15, 0.2) is 0 Å². The van der Waals surface area contributed by atoms with Crippen LogP contribution in [0.2, 0.25) is 0 Å². The van der Waals surface area contributed by atoms with Gasteiger partial charge in [0.25, 0.3) is 10.1 Å². The SMILES string of the molecule is CCCCCCCC(O)C(C)S(=O)(=O)O. The molecule has 15 heavy (non-hydrogen) atoms. The fourth-order valence-corrected chi connectivity index (χ4v) is 1.92. The van der Waals surface area contributed by atoms with Gasteiger partial charge in [-0.25, -0.2) is 0 Å². The molecule has 0 saturated carbocycles. The molecule has 2 atom stereocenters. The van der Waals surface area contributed by atoms with E-state index in [4.69, 9.17) is 4.55 Å². The van der Waals surface area contributed by atoms with Crippen molar-refractivity contribution in [1.29, 1.82) is 0 Å². The van der Waals surface area contributed by atoms with Gasteiger partial charge in [-0.2, -0.15) is 8.42 Å². The summed E-state index contributed by atoms with van der Waals surface area (Å²) in [6, 6.07) is 0. The first-order chi connectivity index (χ1) is 6.89. The number of hydrogen-bond donors (Lipinski definition) is 2. The van der Waals surface area contributed by atoms with Crippen molar-refractivity contribution in [2.75, 3.05) is 0 Å². The van der Waals surface area contributed by atoms with Crippen LogP contribution in [0.3, 0.4) is 0 Å². The Morgan fingerprint density at radius 3 is 2.13 bits per heavy atom. The van der Waals surface area contributed by atoms with E-state index in [-0.39, 0.29) is 0 Å². The molecule has 0 amide bonds. The van der Waals surface area contributed by atoms with E-state index in [1.807, 2.05) is 0 Å². The third kappa shape index (κ3) is 6.87. The molecule has 4 nitrogen and oxygen atoms in total. The molecule has 0 heterocycles. The Hall–Kier alpha value is -0.130. The molecule has 2 unspecified atom stereocenters. The molecule has 0 radical (unpaired) electrons. The highest BCUT2D eigenvalue weighted by Gasteiger charge is 2.25. The number of aliphatic hydroxyl groups excluding tert-OH is 1. The van der Waals surface area contributed by atoms with Gasteiger partial charge in [0.1, 0.15) is 5.25 Å². The molecular formula is C10H22O4S. The van der Waals surface area contributed by atoms with Crippen molar-refractivity contribution in [2.45, 2.75) is 63.7 Å². The lowest BCUT2D eigenvalue weighted by atomic mass is 10.1. The molecule has 0 bridgehead atoms. The molecule has 0 saturated heterocycles. The molecular weight excluding hydrogens is 216 g/mol. The zero-order valence-corrected chi connectivity index (χ0v) is 10.3. The van der Waals surface area contributed by atoms with Crippen molar-refractivity contribution < 1.29 is 18.1 Å². The maximum atomic E-state index is 10.7. The highest BCUT2D eigenvalue weighted by molar-refractivity contribution is 7.86. The van der Waals surface area contributed by atoms with E-state index in [0.717, 1.165) is 25.7 Å². The molecule has 0 aromatic heterocycles. The van der Waals surface area contributed by atoms with Gasteiger partial charge in [-0.1, -0.05) is 39.0 Å². The van der Waals surface area contributed by atoms with Crippen molar-refractivity contribution in [3.05, 3.63) is 0 Å². The number of hydrogen-bond acceptors (Lipinski definition) is 3. The Bertz CT molecular complexity index is 248. The van der Waals surface area contributed by atoms with Gasteiger partial charge >= 0.3 is 0 Å². The lowest BCUT2D eigenvalue weighted by Crippen LogP contribution is -2.30. The van der Waals surface area contributed by atoms with Gasteiger partial charge in [0.05, 0.1) is 6.10 Å². The second-order valence-corrected chi connectivity index (χ2v) is 5.76. The second kappa shape index (κ2) is 7.19. The van der Waals surface area contributed by atoms with E-state index < -0.39 is 21.5 Å². The van der Waals surface area contributed by atoms with E-state index in [1.54, 1.807) is 0 Å². The van der Waals surface area contributed by atoms with Crippen LogP contribution in [0, 0.1) is 0 Å². The number of rotatable bonds is 8. The Labute approximate surface area is 92.4 Å². The summed E-state index contributed by atoms with van der Waals surface area (Å²) in [5, 5.41) is 8.39. The second-order valence-electron chi connectivity index (χ2n) is 3.99. The van der Waals surface area contributed by atoms with Gasteiger partial charge in [0.15, 0.2) is 0 Å². The van der Waals surface area contributed by atoms with Gasteiger partial charge in [-0.15, -0.1) is 0 Å². The van der Waals surface area contributed by atoms with Crippen molar-refractivity contribution >= 4 is 10.1 Å². The molecule has 0 aliphatic heterocycles. The van der Waals surface area contributed by atoms with Crippen molar-refractivity contribution in [2.24, 2.45) is 0 Å². The van der Waals surface area contributed by atoms with Crippen molar-refractivity contribution in [3.8, 4) is 0 Å². The highest BCUT2D eigenvalue weighted by atomic mass is 32.2. The van der Waals surface area contributed by atoms with E-state index >= 15 is 0 Å². The molecule has 0 spiro atoms. The molecule has 0 rings (SSSR count). The normalized spacial score (nSPS) is 16.3. The minimum Gasteiger partial charge on any atom is -0.392 e. The predicted octanol–water partition coefficient (Wildman–Crippen LogP) is 1.98. The van der Waals surface area contributed by atoms with Crippen LogP contribution in [0.5, 0.6) is 0 Å². The number of aliphatic hydroxyl groups is 1. The van der Waals surface area contributed by atoms with Crippen LogP contribution < -0.4 is 0 Å². The summed E-state index contributed by atoms with van der Waals surface area (Å²) < 4.78 is 30.1. The van der Waals surface area contributed by atoms with Gasteiger partial charge in [0, 0.05) is 0 Å². The summed E-state index contributed by atoms with van der Waals surface area (Å²) in [5.74, 6) is 0. The summed E-state index contributed by atoms with van der Waals surface area (Å²) in [6.45, 7) is 3.45. The Morgan fingerprint density at radius 1 is 1.13 bits per heavy atom. The first kappa shape index (κ1) is 14.9. The Balaban J connectivity index is 3.70. The van der Waals surface area contributed by atoms with Gasteiger partial charge in [-0.3, -0.25) is 4.55 Å². The fourth-order valence-electron chi connectivity index (χ4n) is 1.39. The molecule has 0 aromatic carbocycles. The maximum Gasteiger partial charge on any atom is 0.270 e. The van der Waals surface area contributed by atoms with Crippen LogP contribution in [0.4, 0.5) is 0 Å². The third-order valence-electron chi connectivity index (χ3n) is 2.62. The molecule has 0 aliphatic rings. The van der Waals surface area contributed by atoms with Crippen LogP contribution in [-0.4, -0.2) is 29.4 Å². The summed E-state index contributed by atoms with van der Waals surface area (Å²) in [6.07, 6.45) is 4.73. The maximum absolute atomic E-state index is 10.7. The summed E-state index contributed by atoms with van der Waals surface area (Å²) in [4.78, 5) is 0. The van der Waals surface area contributed by atoms with Gasteiger partial charge < -0.3 is 5.11 Å². The zero-order valence-electron chi connectivity index (χ0n) is 9.52. The van der Waals surface area contributed by atoms with Crippen molar-refractivity contribution in [1.82, 2.24) is 0 Å².